The number of aldehydes is 1. The number of rotatable bonds is 23. The highest BCUT2D eigenvalue weighted by atomic mass is 16.5. The molecule has 0 bridgehead atoms. The number of nitrogens with zero attached hydrogens (tertiary/aromatic N) is 11. The lowest BCUT2D eigenvalue weighted by Crippen LogP contribution is -2.54. The van der Waals surface area contributed by atoms with Crippen LogP contribution in [-0.4, -0.2) is 206 Å². The van der Waals surface area contributed by atoms with E-state index >= 15 is 0 Å². The quantitative estimate of drug-likeness (QED) is 0.0305. The van der Waals surface area contributed by atoms with Gasteiger partial charge in [0.1, 0.15) is 41.5 Å². The Morgan fingerprint density at radius 2 is 0.903 bits per heavy atom. The predicted molar refractivity (Wildman–Crippen MR) is 423 cm³/mol. The number of hydrogen-bond acceptors (Lipinski definition) is 21. The van der Waals surface area contributed by atoms with Gasteiger partial charge in [-0.15, -0.1) is 0 Å². The number of benzene rings is 4. The Kier molecular flexibility index (Phi) is 22.2. The first-order valence-corrected chi connectivity index (χ1v) is 39.3. The molecule has 8 amide bonds. The van der Waals surface area contributed by atoms with Gasteiger partial charge >= 0.3 is 0 Å². The monoisotopic (exact) mass is 1530 g/mol. The number of anilines is 2. The molecule has 2 unspecified atom stereocenters. The van der Waals surface area contributed by atoms with Gasteiger partial charge < -0.3 is 52.9 Å². The van der Waals surface area contributed by atoms with Gasteiger partial charge in [-0.2, -0.15) is 0 Å². The van der Waals surface area contributed by atoms with Crippen molar-refractivity contribution in [2.24, 2.45) is 14.1 Å². The van der Waals surface area contributed by atoms with Crippen LogP contribution in [0.1, 0.15) is 131 Å². The zero-order chi connectivity index (χ0) is 77.8. The van der Waals surface area contributed by atoms with E-state index in [0.29, 0.717) is 55.9 Å². The minimum Gasteiger partial charge on any atom is -0.494 e. The van der Waals surface area contributed by atoms with Gasteiger partial charge in [-0.05, 0) is 186 Å². The van der Waals surface area contributed by atoms with Gasteiger partial charge in [-0.1, -0.05) is 24.3 Å². The van der Waals surface area contributed by atoms with Crippen LogP contribution in [0.15, 0.2) is 146 Å². The molecule has 14 heterocycles. The molecule has 8 aliphatic heterocycles. The summed E-state index contributed by atoms with van der Waals surface area (Å²) in [4.78, 5) is 136. The van der Waals surface area contributed by atoms with E-state index in [1.807, 2.05) is 37.2 Å². The van der Waals surface area contributed by atoms with Gasteiger partial charge in [0, 0.05) is 154 Å². The Morgan fingerprint density at radius 3 is 1.36 bits per heavy atom. The van der Waals surface area contributed by atoms with Crippen molar-refractivity contribution in [1.29, 1.82) is 0 Å². The fraction of sp³-hybridized carbons (Fsp3) is 0.384. The third-order valence-corrected chi connectivity index (χ3v) is 22.9. The highest BCUT2D eigenvalue weighted by Gasteiger charge is 2.47. The molecule has 0 spiro atoms. The van der Waals surface area contributed by atoms with Crippen LogP contribution in [0.25, 0.3) is 65.9 Å². The fourth-order valence-corrected chi connectivity index (χ4v) is 16.5. The van der Waals surface area contributed by atoms with E-state index in [4.69, 9.17) is 28.9 Å². The SMILES string of the molecule is Cn1c2ccncc2c2ccc(-c3ccc(N4CC(OC5CCN(CCCCCOc6ccc7c(c6)C(=O)N(C6CCC(=O)NC6=O)C7=O)CC5)C4)nc3)cc21.Cn1c2ccncc2c2ccc(-c3ccc(N4CC(OC5CCNCC5)C4)nc3)cc21.O=CCCCCOc1ccc2c(c1)C(=O)N(C1CCC(=O)NC1=O)C2=O. The molecule has 3 N–H and O–H groups in total. The van der Waals surface area contributed by atoms with Crippen LogP contribution in [0.4, 0.5) is 11.6 Å². The summed E-state index contributed by atoms with van der Waals surface area (Å²) in [5.41, 5.74) is 10.2. The maximum atomic E-state index is 13.1. The Balaban J connectivity index is 0.000000142. The average Bonchev–Trinajstić information content (AvgIpc) is 1.64. The summed E-state index contributed by atoms with van der Waals surface area (Å²) in [6.07, 6.45) is 23.3. The minimum absolute atomic E-state index is 0.0823. The zero-order valence-electron chi connectivity index (χ0n) is 63.3. The number of nitrogens with one attached hydrogen (secondary N) is 3. The average molecular weight is 1530 g/mol. The summed E-state index contributed by atoms with van der Waals surface area (Å²) in [5, 5.41) is 12.6. The molecule has 582 valence electrons. The van der Waals surface area contributed by atoms with E-state index in [-0.39, 0.29) is 54.0 Å². The van der Waals surface area contributed by atoms with Gasteiger partial charge in [0.25, 0.3) is 23.6 Å². The number of hydrogen-bond donors (Lipinski definition) is 3. The molecule has 27 heteroatoms. The number of piperidine rings is 4. The number of unbranched alkanes of at least 4 members (excludes halogenated alkanes) is 4. The molecule has 8 aliphatic rings. The maximum absolute atomic E-state index is 13.1. The molecule has 6 saturated heterocycles. The zero-order valence-corrected chi connectivity index (χ0v) is 63.3. The molecule has 0 radical (unpaired) electrons. The number of aromatic nitrogens is 6. The Labute approximate surface area is 652 Å². The lowest BCUT2D eigenvalue weighted by Gasteiger charge is -2.43. The molecular formula is C86H90N14O13. The van der Waals surface area contributed by atoms with Crippen molar-refractivity contribution in [3.8, 4) is 33.8 Å². The van der Waals surface area contributed by atoms with Crippen LogP contribution in [-0.2, 0) is 47.5 Å². The topological polar surface area (TPSA) is 304 Å². The predicted octanol–water partition coefficient (Wildman–Crippen LogP) is 9.69. The van der Waals surface area contributed by atoms with Crippen molar-refractivity contribution in [2.75, 3.05) is 81.9 Å². The van der Waals surface area contributed by atoms with Crippen molar-refractivity contribution < 1.29 is 62.1 Å². The second-order valence-corrected chi connectivity index (χ2v) is 30.2. The first-order chi connectivity index (χ1) is 55.1. The van der Waals surface area contributed by atoms with E-state index in [2.05, 4.69) is 137 Å². The van der Waals surface area contributed by atoms with E-state index in [1.165, 1.54) is 61.3 Å². The highest BCUT2D eigenvalue weighted by molar-refractivity contribution is 6.25. The number of imide groups is 4. The number of aryl methyl sites for hydroxylation is 2. The molecule has 18 rings (SSSR count). The summed E-state index contributed by atoms with van der Waals surface area (Å²) in [5.74, 6) is -1.23. The van der Waals surface area contributed by atoms with Crippen LogP contribution in [0.3, 0.4) is 0 Å². The lowest BCUT2D eigenvalue weighted by atomic mass is 10.0. The van der Waals surface area contributed by atoms with Crippen LogP contribution < -0.4 is 35.2 Å². The van der Waals surface area contributed by atoms with Crippen LogP contribution in [0, 0.1) is 0 Å². The van der Waals surface area contributed by atoms with Crippen LogP contribution >= 0.6 is 0 Å². The van der Waals surface area contributed by atoms with Crippen molar-refractivity contribution in [3.63, 3.8) is 0 Å². The number of likely N-dealkylation sites (tertiary alicyclic amines) is 1. The van der Waals surface area contributed by atoms with E-state index in [1.54, 1.807) is 24.3 Å². The second-order valence-electron chi connectivity index (χ2n) is 30.2. The molecule has 6 fully saturated rings. The largest absolute Gasteiger partial charge is 0.494 e. The number of ether oxygens (including phenoxy) is 4. The Hall–Kier alpha value is -11.7. The number of carbonyl (C=O) groups is 9. The third-order valence-electron chi connectivity index (χ3n) is 22.9. The first-order valence-electron chi connectivity index (χ1n) is 39.3. The van der Waals surface area contributed by atoms with E-state index in [0.717, 1.165) is 155 Å². The number of carbonyl (C=O) groups excluding carboxylic acids is 9. The summed E-state index contributed by atoms with van der Waals surface area (Å²) >= 11 is 0. The molecule has 4 aromatic carbocycles. The molecule has 27 nitrogen and oxygen atoms in total. The molecular weight excluding hydrogens is 1440 g/mol. The van der Waals surface area contributed by atoms with Gasteiger partial charge in [0.2, 0.25) is 23.6 Å². The van der Waals surface area contributed by atoms with Gasteiger partial charge in [-0.3, -0.25) is 68.8 Å². The van der Waals surface area contributed by atoms with Gasteiger partial charge in [-0.25, -0.2) is 9.97 Å². The number of pyridine rings is 4. The second kappa shape index (κ2) is 33.3. The van der Waals surface area contributed by atoms with Gasteiger partial charge in [0.05, 0.1) is 70.9 Å². The van der Waals surface area contributed by atoms with Gasteiger partial charge in [0.15, 0.2) is 0 Å². The van der Waals surface area contributed by atoms with E-state index in [9.17, 15) is 43.2 Å². The molecule has 2 atom stereocenters. The van der Waals surface area contributed by atoms with Crippen molar-refractivity contribution in [1.82, 2.24) is 59.7 Å². The molecule has 10 aromatic rings. The summed E-state index contributed by atoms with van der Waals surface area (Å²) in [7, 11) is 4.21. The number of amides is 8. The van der Waals surface area contributed by atoms with Crippen molar-refractivity contribution in [3.05, 3.63) is 169 Å². The molecule has 6 aromatic heterocycles. The van der Waals surface area contributed by atoms with Crippen molar-refractivity contribution in [2.45, 2.75) is 126 Å². The smallest absolute Gasteiger partial charge is 0.262 e. The van der Waals surface area contributed by atoms with Crippen LogP contribution in [0.5, 0.6) is 11.5 Å². The Morgan fingerprint density at radius 1 is 0.442 bits per heavy atom. The third kappa shape index (κ3) is 16.0. The summed E-state index contributed by atoms with van der Waals surface area (Å²) in [6, 6.07) is 33.4. The number of fused-ring (bicyclic) bond motifs is 8. The maximum Gasteiger partial charge on any atom is 0.262 e. The summed E-state index contributed by atoms with van der Waals surface area (Å²) in [6.45, 7) is 9.79. The first kappa shape index (κ1) is 75.4. The summed E-state index contributed by atoms with van der Waals surface area (Å²) < 4.78 is 28.7. The standard InChI is InChI=1S/C43H45N7O6.C25H27N5O.C18H18N2O6/c1-47-36-13-16-44-24-35(36)32-8-5-27(21-38(32)47)28-6-11-39(45-23-28)49-25-31(26-49)56-29-14-18-48(19-15-29)17-3-2-4-20-55-30-7-9-33-34(22-30)43(54)50(42(33)53)37-10-12-40(51)46-41(37)52;1-29-23-8-11-27-14-22(23)21-4-2-17(12-24(21)29)18-3-5-25(28-13-18)30-15-20(16-30)31-19-6-9-26-10-7-19;21-8-2-1-3-9-26-11-4-5-12-13(10-11)18(25)20(17(12)24)14-6-7-15(22)19-16(14)23/h5-9,11,13,16,21-24,29,31,37H,2-4,10,12,14-15,17-20,25-26H2,1H3,(H,46,51,52);2-5,8,11-14,19-20,26H,6-7,9-10,15-16H2,1H3;4-5,8,10,14H,1-3,6-7,9H2,(H,19,22,23). The lowest BCUT2D eigenvalue weighted by molar-refractivity contribution is -0.137. The van der Waals surface area contributed by atoms with E-state index < -0.39 is 59.3 Å². The fourth-order valence-electron chi connectivity index (χ4n) is 16.5. The van der Waals surface area contributed by atoms with Crippen molar-refractivity contribution >= 4 is 109 Å². The molecule has 0 aliphatic carbocycles. The molecule has 113 heavy (non-hydrogen) atoms. The normalized spacial score (nSPS) is 19.1. The Bertz CT molecular complexity index is 5310. The molecule has 0 saturated carbocycles. The minimum atomic E-state index is -0.979. The highest BCUT2D eigenvalue weighted by Crippen LogP contribution is 2.37. The van der Waals surface area contributed by atoms with Crippen LogP contribution in [0.2, 0.25) is 0 Å².